The van der Waals surface area contributed by atoms with Crippen LogP contribution in [0.1, 0.15) is 34.3 Å². The van der Waals surface area contributed by atoms with Crippen molar-refractivity contribution >= 4 is 18.1 Å². The third kappa shape index (κ3) is 4.69. The molecule has 2 aromatic carbocycles. The number of esters is 1. The fourth-order valence-corrected chi connectivity index (χ4v) is 2.34. The van der Waals surface area contributed by atoms with E-state index in [1.165, 1.54) is 7.11 Å². The van der Waals surface area contributed by atoms with Crippen LogP contribution in [0.2, 0.25) is 0 Å². The number of benzene rings is 2. The maximum atomic E-state index is 11.6. The van der Waals surface area contributed by atoms with Crippen LogP contribution in [0.15, 0.2) is 53.6 Å². The molecule has 0 unspecified atom stereocenters. The fraction of sp³-hybridized carbons (Fsp3) is 0.250. The highest BCUT2D eigenvalue weighted by Crippen LogP contribution is 2.28. The second kappa shape index (κ2) is 8.29. The highest BCUT2D eigenvalue weighted by Gasteiger charge is 2.29. The van der Waals surface area contributed by atoms with Crippen molar-refractivity contribution < 1.29 is 19.1 Å². The average Bonchev–Trinajstić information content (AvgIpc) is 3.52. The van der Waals surface area contributed by atoms with Crippen molar-refractivity contribution in [1.29, 1.82) is 0 Å². The van der Waals surface area contributed by atoms with Gasteiger partial charge in [0, 0.05) is 11.5 Å². The number of nitrogens with zero attached hydrogens (tertiary/aromatic N) is 1. The van der Waals surface area contributed by atoms with Crippen LogP contribution in [0.25, 0.3) is 0 Å². The molecule has 1 aliphatic rings. The van der Waals surface area contributed by atoms with Crippen molar-refractivity contribution in [2.45, 2.75) is 19.4 Å². The largest absolute Gasteiger partial charge is 0.488 e. The van der Waals surface area contributed by atoms with Crippen molar-refractivity contribution in [3.8, 4) is 5.75 Å². The molecule has 0 radical (unpaired) electrons. The van der Waals surface area contributed by atoms with Crippen molar-refractivity contribution in [3.63, 3.8) is 0 Å². The minimum Gasteiger partial charge on any atom is -0.488 e. The number of nitrogens with one attached hydrogen (secondary N) is 1. The number of amides is 1. The summed E-state index contributed by atoms with van der Waals surface area (Å²) >= 11 is 0. The Balaban J connectivity index is 1.60. The number of para-hydroxylation sites is 1. The minimum atomic E-state index is -0.368. The van der Waals surface area contributed by atoms with Crippen molar-refractivity contribution in [2.75, 3.05) is 7.11 Å². The predicted octanol–water partition coefficient (Wildman–Crippen LogP) is 2.91. The maximum absolute atomic E-state index is 11.6. The Morgan fingerprint density at radius 1 is 1.15 bits per heavy atom. The maximum Gasteiger partial charge on any atom is 0.337 e. The Morgan fingerprint density at radius 3 is 2.58 bits per heavy atom. The highest BCUT2D eigenvalue weighted by molar-refractivity contribution is 5.89. The molecule has 3 rings (SSSR count). The Morgan fingerprint density at radius 2 is 1.88 bits per heavy atom. The second-order valence-corrected chi connectivity index (χ2v) is 6.02. The van der Waals surface area contributed by atoms with Gasteiger partial charge in [-0.15, -0.1) is 0 Å². The number of methoxy groups -OCH3 is 1. The summed E-state index contributed by atoms with van der Waals surface area (Å²) in [6, 6.07) is 14.5. The summed E-state index contributed by atoms with van der Waals surface area (Å²) in [6.07, 6.45) is 3.46. The zero-order valence-corrected chi connectivity index (χ0v) is 14.5. The molecule has 0 aromatic heterocycles. The van der Waals surface area contributed by atoms with E-state index in [1.807, 2.05) is 36.4 Å². The smallest absolute Gasteiger partial charge is 0.337 e. The molecular weight excluding hydrogens is 332 g/mol. The first-order valence-electron chi connectivity index (χ1n) is 8.39. The lowest BCUT2D eigenvalue weighted by Gasteiger charge is -2.09. The topological polar surface area (TPSA) is 77.0 Å². The highest BCUT2D eigenvalue weighted by atomic mass is 16.5. The van der Waals surface area contributed by atoms with Gasteiger partial charge in [-0.05, 0) is 42.7 Å². The van der Waals surface area contributed by atoms with Crippen LogP contribution in [0.3, 0.4) is 0 Å². The summed E-state index contributed by atoms with van der Waals surface area (Å²) in [5, 5.41) is 4.00. The molecule has 1 saturated carbocycles. The zero-order chi connectivity index (χ0) is 18.4. The van der Waals surface area contributed by atoms with E-state index in [9.17, 15) is 9.59 Å². The van der Waals surface area contributed by atoms with E-state index in [2.05, 4.69) is 15.3 Å². The number of carbonyl (C=O) groups excluding carboxylic acids is 2. The monoisotopic (exact) mass is 352 g/mol. The Labute approximate surface area is 151 Å². The summed E-state index contributed by atoms with van der Waals surface area (Å²) in [5.74, 6) is 0.373. The van der Waals surface area contributed by atoms with Crippen LogP contribution in [-0.2, 0) is 16.1 Å². The average molecular weight is 352 g/mol. The molecule has 0 spiro atoms. The molecule has 134 valence electrons. The van der Waals surface area contributed by atoms with Gasteiger partial charge in [-0.2, -0.15) is 5.10 Å². The number of rotatable bonds is 7. The van der Waals surface area contributed by atoms with E-state index in [0.717, 1.165) is 24.0 Å². The van der Waals surface area contributed by atoms with Gasteiger partial charge in [0.2, 0.25) is 5.91 Å². The first-order chi connectivity index (χ1) is 12.7. The molecule has 0 bridgehead atoms. The van der Waals surface area contributed by atoms with Crippen molar-refractivity contribution in [2.24, 2.45) is 11.0 Å². The van der Waals surface area contributed by atoms with Crippen LogP contribution in [0.4, 0.5) is 0 Å². The van der Waals surface area contributed by atoms with E-state index in [4.69, 9.17) is 4.74 Å². The summed E-state index contributed by atoms with van der Waals surface area (Å²) < 4.78 is 10.5. The number of ether oxygens (including phenoxy) is 2. The Bertz CT molecular complexity index is 811. The van der Waals surface area contributed by atoms with Crippen LogP contribution in [0, 0.1) is 5.92 Å². The van der Waals surface area contributed by atoms with Gasteiger partial charge in [0.25, 0.3) is 0 Å². The van der Waals surface area contributed by atoms with Crippen LogP contribution in [0.5, 0.6) is 5.75 Å². The van der Waals surface area contributed by atoms with Crippen LogP contribution < -0.4 is 10.2 Å². The molecule has 6 heteroatoms. The zero-order valence-electron chi connectivity index (χ0n) is 14.5. The molecule has 1 fully saturated rings. The predicted molar refractivity (Wildman–Crippen MR) is 97.0 cm³/mol. The van der Waals surface area contributed by atoms with Gasteiger partial charge in [-0.1, -0.05) is 24.3 Å². The van der Waals surface area contributed by atoms with Crippen LogP contribution >= 0.6 is 0 Å². The molecule has 6 nitrogen and oxygen atoms in total. The summed E-state index contributed by atoms with van der Waals surface area (Å²) in [7, 11) is 1.35. The summed E-state index contributed by atoms with van der Waals surface area (Å²) in [5.41, 5.74) is 4.74. The van der Waals surface area contributed by atoms with Crippen molar-refractivity contribution in [3.05, 3.63) is 65.2 Å². The normalized spacial score (nSPS) is 13.4. The van der Waals surface area contributed by atoms with E-state index in [-0.39, 0.29) is 17.8 Å². The van der Waals surface area contributed by atoms with Gasteiger partial charge >= 0.3 is 5.97 Å². The molecule has 0 heterocycles. The first-order valence-corrected chi connectivity index (χ1v) is 8.39. The summed E-state index contributed by atoms with van der Waals surface area (Å²) in [6.45, 7) is 0.348. The van der Waals surface area contributed by atoms with E-state index < -0.39 is 0 Å². The summed E-state index contributed by atoms with van der Waals surface area (Å²) in [4.78, 5) is 23.0. The fourth-order valence-electron chi connectivity index (χ4n) is 2.34. The lowest BCUT2D eigenvalue weighted by molar-refractivity contribution is -0.122. The molecule has 26 heavy (non-hydrogen) atoms. The molecular formula is C20H20N2O4. The number of hydrazone groups is 1. The Kier molecular flexibility index (Phi) is 5.63. The van der Waals surface area contributed by atoms with Crippen molar-refractivity contribution in [1.82, 2.24) is 5.43 Å². The van der Waals surface area contributed by atoms with E-state index >= 15 is 0 Å². The molecule has 2 aromatic rings. The quantitative estimate of drug-likeness (QED) is 0.472. The molecule has 1 N–H and O–H groups in total. The van der Waals surface area contributed by atoms with Gasteiger partial charge in [0.1, 0.15) is 12.4 Å². The molecule has 1 amide bonds. The lowest BCUT2D eigenvalue weighted by Crippen LogP contribution is -2.19. The van der Waals surface area contributed by atoms with Gasteiger partial charge in [-0.3, -0.25) is 4.79 Å². The minimum absolute atomic E-state index is 0.0367. The first kappa shape index (κ1) is 17.7. The molecule has 0 aliphatic heterocycles. The molecule has 0 saturated heterocycles. The van der Waals surface area contributed by atoms with Gasteiger partial charge in [0.15, 0.2) is 0 Å². The lowest BCUT2D eigenvalue weighted by atomic mass is 10.1. The third-order valence-corrected chi connectivity index (χ3v) is 4.01. The number of hydrogen-bond donors (Lipinski definition) is 1. The van der Waals surface area contributed by atoms with Gasteiger partial charge in [0.05, 0.1) is 18.9 Å². The van der Waals surface area contributed by atoms with E-state index in [0.29, 0.717) is 17.9 Å². The Hall–Kier alpha value is -3.15. The standard InChI is InChI=1S/C20H20N2O4/c1-25-20(24)16-8-6-14(7-9-16)13-26-18-5-3-2-4-17(18)12-21-22-19(23)15-10-11-15/h2-9,12,15H,10-11,13H2,1H3,(H,22,23)/b21-12+. The molecule has 0 atom stereocenters. The third-order valence-electron chi connectivity index (χ3n) is 4.01. The SMILES string of the molecule is COC(=O)c1ccc(COc2ccccc2/C=N/NC(=O)C2CC2)cc1. The second-order valence-electron chi connectivity index (χ2n) is 6.02. The number of hydrogen-bond acceptors (Lipinski definition) is 5. The number of carbonyl (C=O) groups is 2. The van der Waals surface area contributed by atoms with Gasteiger partial charge < -0.3 is 9.47 Å². The van der Waals surface area contributed by atoms with Gasteiger partial charge in [-0.25, -0.2) is 10.2 Å². The van der Waals surface area contributed by atoms with E-state index in [1.54, 1.807) is 18.3 Å². The van der Waals surface area contributed by atoms with Crippen LogP contribution in [-0.4, -0.2) is 25.2 Å². The molecule has 1 aliphatic carbocycles.